The number of halogens is 1. The lowest BCUT2D eigenvalue weighted by Gasteiger charge is -2.10. The summed E-state index contributed by atoms with van der Waals surface area (Å²) in [4.78, 5) is 0. The average Bonchev–Trinajstić information content (AvgIpc) is 2.25. The number of rotatable bonds is 6. The van der Waals surface area contributed by atoms with Crippen LogP contribution in [-0.2, 0) is 11.3 Å². The first-order chi connectivity index (χ1) is 7.63. The van der Waals surface area contributed by atoms with E-state index in [-0.39, 0.29) is 17.7 Å². The third-order valence-corrected chi connectivity index (χ3v) is 2.02. The minimum atomic E-state index is -0.382. The summed E-state index contributed by atoms with van der Waals surface area (Å²) >= 11 is 0. The van der Waals surface area contributed by atoms with Gasteiger partial charge >= 0.3 is 0 Å². The number of benzene rings is 1. The molecule has 0 atom stereocenters. The van der Waals surface area contributed by atoms with Crippen molar-refractivity contribution in [1.82, 2.24) is 0 Å². The average molecular weight is 227 g/mol. The minimum absolute atomic E-state index is 0.160. The van der Waals surface area contributed by atoms with Crippen LogP contribution in [0.15, 0.2) is 18.2 Å². The molecule has 0 amide bonds. The summed E-state index contributed by atoms with van der Waals surface area (Å²) in [6, 6.07) is 4.73. The zero-order valence-electron chi connectivity index (χ0n) is 9.70. The van der Waals surface area contributed by atoms with Gasteiger partial charge in [-0.15, -0.1) is 0 Å². The molecule has 3 nitrogen and oxygen atoms in total. The van der Waals surface area contributed by atoms with Crippen molar-refractivity contribution in [3.05, 3.63) is 29.6 Å². The highest BCUT2D eigenvalue weighted by Crippen LogP contribution is 2.17. The van der Waals surface area contributed by atoms with E-state index in [0.717, 1.165) is 5.56 Å². The first-order valence-electron chi connectivity index (χ1n) is 5.36. The van der Waals surface area contributed by atoms with E-state index in [0.29, 0.717) is 19.8 Å². The molecule has 16 heavy (non-hydrogen) atoms. The lowest BCUT2D eigenvalue weighted by molar-refractivity contribution is 0.0544. The van der Waals surface area contributed by atoms with E-state index in [2.05, 4.69) is 0 Å². The van der Waals surface area contributed by atoms with E-state index in [1.54, 1.807) is 12.1 Å². The van der Waals surface area contributed by atoms with Crippen molar-refractivity contribution < 1.29 is 13.9 Å². The monoisotopic (exact) mass is 227 g/mol. The number of ether oxygens (including phenoxy) is 2. The summed E-state index contributed by atoms with van der Waals surface area (Å²) < 4.78 is 23.9. The fourth-order valence-electron chi connectivity index (χ4n) is 1.22. The van der Waals surface area contributed by atoms with Crippen molar-refractivity contribution in [2.24, 2.45) is 5.73 Å². The standard InChI is InChI=1S/C12H18FNO2/c1-9(2)15-5-6-16-12-4-3-10(8-14)7-11(12)13/h3-4,7,9H,5-6,8,14H2,1-2H3. The van der Waals surface area contributed by atoms with Gasteiger partial charge in [-0.1, -0.05) is 6.07 Å². The third-order valence-electron chi connectivity index (χ3n) is 2.02. The van der Waals surface area contributed by atoms with Crippen molar-refractivity contribution in [2.75, 3.05) is 13.2 Å². The van der Waals surface area contributed by atoms with Gasteiger partial charge in [0.1, 0.15) is 6.61 Å². The second-order valence-electron chi connectivity index (χ2n) is 3.74. The van der Waals surface area contributed by atoms with Crippen LogP contribution in [0.5, 0.6) is 5.75 Å². The summed E-state index contributed by atoms with van der Waals surface area (Å²) in [6.45, 7) is 5.01. The molecule has 0 saturated carbocycles. The Morgan fingerprint density at radius 1 is 1.31 bits per heavy atom. The molecule has 0 aliphatic rings. The second-order valence-corrected chi connectivity index (χ2v) is 3.74. The minimum Gasteiger partial charge on any atom is -0.488 e. The van der Waals surface area contributed by atoms with Crippen LogP contribution >= 0.6 is 0 Å². The molecule has 0 fully saturated rings. The van der Waals surface area contributed by atoms with Gasteiger partial charge in [0, 0.05) is 6.54 Å². The molecule has 1 rings (SSSR count). The molecule has 0 unspecified atom stereocenters. The molecule has 0 radical (unpaired) electrons. The van der Waals surface area contributed by atoms with E-state index < -0.39 is 0 Å². The number of hydrogen-bond acceptors (Lipinski definition) is 3. The molecule has 1 aromatic rings. The van der Waals surface area contributed by atoms with Crippen LogP contribution in [0.2, 0.25) is 0 Å². The molecule has 90 valence electrons. The van der Waals surface area contributed by atoms with E-state index in [1.807, 2.05) is 13.8 Å². The molecule has 4 heteroatoms. The fourth-order valence-corrected chi connectivity index (χ4v) is 1.22. The maximum Gasteiger partial charge on any atom is 0.165 e. The summed E-state index contributed by atoms with van der Waals surface area (Å²) in [5.41, 5.74) is 6.15. The maximum absolute atomic E-state index is 13.4. The van der Waals surface area contributed by atoms with Crippen LogP contribution in [0.25, 0.3) is 0 Å². The normalized spacial score (nSPS) is 10.8. The Labute approximate surface area is 95.4 Å². The van der Waals surface area contributed by atoms with Crippen LogP contribution in [0.3, 0.4) is 0 Å². The van der Waals surface area contributed by atoms with E-state index >= 15 is 0 Å². The van der Waals surface area contributed by atoms with Gasteiger partial charge in [0.2, 0.25) is 0 Å². The first kappa shape index (κ1) is 12.9. The fraction of sp³-hybridized carbons (Fsp3) is 0.500. The van der Waals surface area contributed by atoms with E-state index in [1.165, 1.54) is 6.07 Å². The summed E-state index contributed by atoms with van der Waals surface area (Å²) in [7, 11) is 0. The van der Waals surface area contributed by atoms with Crippen LogP contribution in [0.1, 0.15) is 19.4 Å². The van der Waals surface area contributed by atoms with Gasteiger partial charge in [0.05, 0.1) is 12.7 Å². The van der Waals surface area contributed by atoms with E-state index in [4.69, 9.17) is 15.2 Å². The van der Waals surface area contributed by atoms with Crippen molar-refractivity contribution in [1.29, 1.82) is 0 Å². The van der Waals surface area contributed by atoms with Crippen molar-refractivity contribution in [3.63, 3.8) is 0 Å². The molecule has 0 aliphatic carbocycles. The topological polar surface area (TPSA) is 44.5 Å². The van der Waals surface area contributed by atoms with Crippen molar-refractivity contribution >= 4 is 0 Å². The van der Waals surface area contributed by atoms with Gasteiger partial charge in [0.15, 0.2) is 11.6 Å². The molecule has 2 N–H and O–H groups in total. The Hall–Kier alpha value is -1.13. The Kier molecular flexibility index (Phi) is 5.22. The van der Waals surface area contributed by atoms with Crippen LogP contribution in [-0.4, -0.2) is 19.3 Å². The zero-order valence-corrected chi connectivity index (χ0v) is 9.70. The molecule has 0 saturated heterocycles. The summed E-state index contributed by atoms with van der Waals surface area (Å²) in [5, 5.41) is 0. The molecule has 0 bridgehead atoms. The van der Waals surface area contributed by atoms with Gasteiger partial charge in [-0.3, -0.25) is 0 Å². The van der Waals surface area contributed by atoms with Crippen molar-refractivity contribution in [3.8, 4) is 5.75 Å². The Balaban J connectivity index is 2.42. The molecule has 1 aromatic carbocycles. The quantitative estimate of drug-likeness (QED) is 0.757. The highest BCUT2D eigenvalue weighted by Gasteiger charge is 2.04. The summed E-state index contributed by atoms with van der Waals surface area (Å²) in [5.74, 6) is -0.142. The van der Waals surface area contributed by atoms with Crippen molar-refractivity contribution in [2.45, 2.75) is 26.5 Å². The Morgan fingerprint density at radius 3 is 2.62 bits per heavy atom. The van der Waals surface area contributed by atoms with Crippen LogP contribution < -0.4 is 10.5 Å². The van der Waals surface area contributed by atoms with Gasteiger partial charge < -0.3 is 15.2 Å². The molecule has 0 aliphatic heterocycles. The maximum atomic E-state index is 13.4. The van der Waals surface area contributed by atoms with Crippen LogP contribution in [0, 0.1) is 5.82 Å². The lowest BCUT2D eigenvalue weighted by atomic mass is 10.2. The zero-order chi connectivity index (χ0) is 12.0. The largest absolute Gasteiger partial charge is 0.488 e. The lowest BCUT2D eigenvalue weighted by Crippen LogP contribution is -2.11. The predicted octanol–water partition coefficient (Wildman–Crippen LogP) is 2.09. The van der Waals surface area contributed by atoms with Gasteiger partial charge in [-0.05, 0) is 31.5 Å². The highest BCUT2D eigenvalue weighted by molar-refractivity contribution is 5.29. The highest BCUT2D eigenvalue weighted by atomic mass is 19.1. The molecular weight excluding hydrogens is 209 g/mol. The van der Waals surface area contributed by atoms with Crippen LogP contribution in [0.4, 0.5) is 4.39 Å². The molecule has 0 heterocycles. The number of hydrogen-bond donors (Lipinski definition) is 1. The smallest absolute Gasteiger partial charge is 0.165 e. The van der Waals surface area contributed by atoms with Gasteiger partial charge in [-0.2, -0.15) is 0 Å². The SMILES string of the molecule is CC(C)OCCOc1ccc(CN)cc1F. The summed E-state index contributed by atoms with van der Waals surface area (Å²) in [6.07, 6.45) is 0.160. The predicted molar refractivity (Wildman–Crippen MR) is 60.9 cm³/mol. The van der Waals surface area contributed by atoms with E-state index in [9.17, 15) is 4.39 Å². The molecule has 0 aromatic heterocycles. The van der Waals surface area contributed by atoms with Gasteiger partial charge in [0.25, 0.3) is 0 Å². The second kappa shape index (κ2) is 6.45. The first-order valence-corrected chi connectivity index (χ1v) is 5.36. The Morgan fingerprint density at radius 2 is 2.06 bits per heavy atom. The van der Waals surface area contributed by atoms with Gasteiger partial charge in [-0.25, -0.2) is 4.39 Å². The Bertz CT molecular complexity index is 329. The molecule has 0 spiro atoms. The third kappa shape index (κ3) is 4.16. The molecular formula is C12H18FNO2. The number of nitrogens with two attached hydrogens (primary N) is 1.